The first-order valence-corrected chi connectivity index (χ1v) is 6.23. The Morgan fingerprint density at radius 3 is 2.45 bits per heavy atom. The molecule has 0 bridgehead atoms. The fraction of sp³-hybridized carbons (Fsp3) is 0.462. The number of guanidine groups is 1. The van der Waals surface area contributed by atoms with E-state index in [1.807, 2.05) is 11.9 Å². The van der Waals surface area contributed by atoms with Crippen molar-refractivity contribution in [1.29, 1.82) is 0 Å². The second-order valence-electron chi connectivity index (χ2n) is 5.02. The molecule has 2 atom stereocenters. The van der Waals surface area contributed by atoms with Gasteiger partial charge in [0, 0.05) is 25.6 Å². The molecule has 20 heavy (non-hydrogen) atoms. The van der Waals surface area contributed by atoms with E-state index in [2.05, 4.69) is 10.3 Å². The molecule has 3 nitrogen and oxygen atoms in total. The number of nitrogens with zero attached hydrogens (tertiary/aromatic N) is 2. The first-order chi connectivity index (χ1) is 9.06. The molecule has 1 N–H and O–H groups in total. The highest BCUT2D eigenvalue weighted by Crippen LogP contribution is 2.41. The minimum absolute atomic E-state index is 0. The third-order valence-corrected chi connectivity index (χ3v) is 3.60. The van der Waals surface area contributed by atoms with Crippen molar-refractivity contribution in [3.63, 3.8) is 0 Å². The molecule has 1 aromatic carbocycles. The maximum atomic E-state index is 13.2. The van der Waals surface area contributed by atoms with E-state index in [1.165, 1.54) is 0 Å². The molecule has 0 amide bonds. The van der Waals surface area contributed by atoms with Gasteiger partial charge in [-0.3, -0.25) is 4.99 Å². The van der Waals surface area contributed by atoms with Gasteiger partial charge in [0.15, 0.2) is 23.4 Å². The lowest BCUT2D eigenvalue weighted by molar-refractivity contribution is 0.445. The van der Waals surface area contributed by atoms with E-state index in [0.717, 1.165) is 37.6 Å². The van der Waals surface area contributed by atoms with E-state index in [4.69, 9.17) is 0 Å². The average Bonchev–Trinajstić information content (AvgIpc) is 3.02. The van der Waals surface area contributed by atoms with Crippen LogP contribution in [0.1, 0.15) is 17.9 Å². The van der Waals surface area contributed by atoms with Crippen molar-refractivity contribution in [2.24, 2.45) is 4.99 Å². The van der Waals surface area contributed by atoms with Crippen LogP contribution >= 0.6 is 24.0 Å². The maximum Gasteiger partial charge on any atom is 0.194 e. The molecule has 0 saturated heterocycles. The number of benzene rings is 1. The fourth-order valence-electron chi connectivity index (χ4n) is 2.37. The van der Waals surface area contributed by atoms with Crippen molar-refractivity contribution < 1.29 is 13.2 Å². The van der Waals surface area contributed by atoms with Crippen molar-refractivity contribution >= 4 is 29.9 Å². The van der Waals surface area contributed by atoms with Gasteiger partial charge in [0.25, 0.3) is 0 Å². The molecule has 0 unspecified atom stereocenters. The van der Waals surface area contributed by atoms with E-state index in [-0.39, 0.29) is 35.9 Å². The minimum Gasteiger partial charge on any atom is -0.353 e. The molecule has 0 spiro atoms. The molecule has 2 aliphatic rings. The van der Waals surface area contributed by atoms with E-state index in [1.54, 1.807) is 0 Å². The molecule has 1 heterocycles. The van der Waals surface area contributed by atoms with Gasteiger partial charge in [0.2, 0.25) is 0 Å². The minimum atomic E-state index is -1.41. The van der Waals surface area contributed by atoms with Gasteiger partial charge in [-0.25, -0.2) is 13.2 Å². The molecule has 0 radical (unpaired) electrons. The molecule has 0 aromatic heterocycles. The molecule has 7 heteroatoms. The second kappa shape index (κ2) is 5.79. The highest BCUT2D eigenvalue weighted by Gasteiger charge is 2.40. The number of rotatable bonds is 2. The number of hydrogen-bond acceptors (Lipinski definition) is 3. The van der Waals surface area contributed by atoms with E-state index in [9.17, 15) is 13.2 Å². The number of nitrogens with one attached hydrogen (secondary N) is 1. The highest BCUT2D eigenvalue weighted by atomic mass is 127. The first kappa shape index (κ1) is 15.4. The summed E-state index contributed by atoms with van der Waals surface area (Å²) >= 11 is 0. The van der Waals surface area contributed by atoms with Crippen molar-refractivity contribution in [1.82, 2.24) is 10.2 Å². The summed E-state index contributed by atoms with van der Waals surface area (Å²) in [4.78, 5) is 6.30. The molecule has 1 aliphatic heterocycles. The van der Waals surface area contributed by atoms with Crippen molar-refractivity contribution in [3.05, 3.63) is 35.1 Å². The van der Waals surface area contributed by atoms with Crippen molar-refractivity contribution in [3.8, 4) is 0 Å². The van der Waals surface area contributed by atoms with Gasteiger partial charge in [0.05, 0.1) is 6.54 Å². The zero-order valence-electron chi connectivity index (χ0n) is 10.9. The third kappa shape index (κ3) is 2.87. The molecular formula is C13H15F3IN3. The van der Waals surface area contributed by atoms with Gasteiger partial charge in [-0.15, -0.1) is 24.0 Å². The van der Waals surface area contributed by atoms with Crippen molar-refractivity contribution in [2.45, 2.75) is 18.4 Å². The van der Waals surface area contributed by atoms with Crippen LogP contribution in [0.3, 0.4) is 0 Å². The zero-order chi connectivity index (χ0) is 13.6. The van der Waals surface area contributed by atoms with Gasteiger partial charge >= 0.3 is 0 Å². The van der Waals surface area contributed by atoms with Crippen LogP contribution in [0.2, 0.25) is 0 Å². The highest BCUT2D eigenvalue weighted by molar-refractivity contribution is 14.0. The Labute approximate surface area is 132 Å². The van der Waals surface area contributed by atoms with E-state index >= 15 is 0 Å². The third-order valence-electron chi connectivity index (χ3n) is 3.60. The average molecular weight is 397 g/mol. The van der Waals surface area contributed by atoms with E-state index < -0.39 is 17.5 Å². The Morgan fingerprint density at radius 1 is 1.25 bits per heavy atom. The molecule has 1 saturated carbocycles. The van der Waals surface area contributed by atoms with Crippen LogP contribution in [0, 0.1) is 17.5 Å². The maximum absolute atomic E-state index is 13.2. The van der Waals surface area contributed by atoms with Gasteiger partial charge in [-0.2, -0.15) is 0 Å². The van der Waals surface area contributed by atoms with Gasteiger partial charge < -0.3 is 10.2 Å². The fourth-order valence-corrected chi connectivity index (χ4v) is 2.37. The van der Waals surface area contributed by atoms with Crippen LogP contribution in [-0.2, 0) is 0 Å². The Kier molecular flexibility index (Phi) is 4.46. The molecule has 110 valence electrons. The van der Waals surface area contributed by atoms with Crippen LogP contribution in [0.15, 0.2) is 17.1 Å². The number of aliphatic imine (C=N–C) groups is 1. The summed E-state index contributed by atoms with van der Waals surface area (Å²) in [6.45, 7) is 1.63. The van der Waals surface area contributed by atoms with Crippen LogP contribution in [0.5, 0.6) is 0 Å². The Bertz CT molecular complexity index is 527. The predicted molar refractivity (Wildman–Crippen MR) is 80.9 cm³/mol. The van der Waals surface area contributed by atoms with Crippen LogP contribution in [0.4, 0.5) is 13.2 Å². The summed E-state index contributed by atoms with van der Waals surface area (Å²) in [6, 6.07) is 2.26. The van der Waals surface area contributed by atoms with Gasteiger partial charge in [-0.05, 0) is 24.1 Å². The smallest absolute Gasteiger partial charge is 0.194 e. The standard InChI is InChI=1S/C13H14F3N3.HI/c1-19-3-2-17-13(19)18-11-6-8(11)7-4-9(14)12(16)10(15)5-7;/h4-5,8,11H,2-3,6H2,1H3,(H,17,18);1H/t8-,11+;/m0./s1. The number of halogens is 4. The second-order valence-corrected chi connectivity index (χ2v) is 5.02. The number of hydrogen-bond donors (Lipinski definition) is 1. The summed E-state index contributed by atoms with van der Waals surface area (Å²) in [5, 5.41) is 3.24. The summed E-state index contributed by atoms with van der Waals surface area (Å²) in [6.07, 6.45) is 0.775. The topological polar surface area (TPSA) is 27.6 Å². The summed E-state index contributed by atoms with van der Waals surface area (Å²) < 4.78 is 39.2. The monoisotopic (exact) mass is 397 g/mol. The number of likely N-dealkylation sites (N-methyl/N-ethyl adjacent to an activating group) is 1. The lowest BCUT2D eigenvalue weighted by atomic mass is 10.1. The first-order valence-electron chi connectivity index (χ1n) is 6.23. The van der Waals surface area contributed by atoms with Crippen molar-refractivity contribution in [2.75, 3.05) is 20.1 Å². The molecule has 3 rings (SSSR count). The van der Waals surface area contributed by atoms with Gasteiger partial charge in [-0.1, -0.05) is 0 Å². The zero-order valence-corrected chi connectivity index (χ0v) is 13.2. The summed E-state index contributed by atoms with van der Waals surface area (Å²) in [7, 11) is 1.94. The lowest BCUT2D eigenvalue weighted by Gasteiger charge is -2.15. The predicted octanol–water partition coefficient (Wildman–Crippen LogP) is 2.47. The SMILES string of the molecule is CN1CCN=C1N[C@@H]1C[C@H]1c1cc(F)c(F)c(F)c1.I. The Hall–Kier alpha value is -0.990. The molecule has 1 aliphatic carbocycles. The van der Waals surface area contributed by atoms with Crippen LogP contribution < -0.4 is 5.32 Å². The largest absolute Gasteiger partial charge is 0.353 e. The molecule has 1 aromatic rings. The molecule has 1 fully saturated rings. The van der Waals surface area contributed by atoms with E-state index in [0.29, 0.717) is 5.56 Å². The molecular weight excluding hydrogens is 382 g/mol. The quantitative estimate of drug-likeness (QED) is 0.614. The van der Waals surface area contributed by atoms with Crippen LogP contribution in [-0.4, -0.2) is 37.0 Å². The Balaban J connectivity index is 0.00000147. The summed E-state index contributed by atoms with van der Waals surface area (Å²) in [5.41, 5.74) is 0.496. The Morgan fingerprint density at radius 2 is 1.90 bits per heavy atom. The lowest BCUT2D eigenvalue weighted by Crippen LogP contribution is -2.37. The van der Waals surface area contributed by atoms with Gasteiger partial charge in [0.1, 0.15) is 0 Å². The normalized spacial score (nSPS) is 24.2. The summed E-state index contributed by atoms with van der Waals surface area (Å²) in [5.74, 6) is -2.84. The van der Waals surface area contributed by atoms with Crippen LogP contribution in [0.25, 0.3) is 0 Å².